The summed E-state index contributed by atoms with van der Waals surface area (Å²) in [5.41, 5.74) is -1.19. The van der Waals surface area contributed by atoms with Crippen LogP contribution in [0.25, 0.3) is 0 Å². The smallest absolute Gasteiger partial charge is 0.319 e. The average Bonchev–Trinajstić information content (AvgIpc) is 2.64. The zero-order chi connectivity index (χ0) is 17.9. The van der Waals surface area contributed by atoms with Crippen LogP contribution in [0.3, 0.4) is 0 Å². The van der Waals surface area contributed by atoms with Gasteiger partial charge in [0, 0.05) is 13.1 Å². The van der Waals surface area contributed by atoms with Gasteiger partial charge in [-0.05, 0) is 45.2 Å². The summed E-state index contributed by atoms with van der Waals surface area (Å²) in [6.45, 7) is 3.78. The van der Waals surface area contributed by atoms with Gasteiger partial charge in [0.05, 0.1) is 5.60 Å². The van der Waals surface area contributed by atoms with Crippen molar-refractivity contribution in [3.8, 4) is 0 Å². The van der Waals surface area contributed by atoms with Crippen molar-refractivity contribution in [2.75, 3.05) is 20.1 Å². The second-order valence-corrected chi connectivity index (χ2v) is 7.99. The van der Waals surface area contributed by atoms with E-state index in [0.717, 1.165) is 50.8 Å². The molecule has 1 saturated heterocycles. The summed E-state index contributed by atoms with van der Waals surface area (Å²) >= 11 is 0. The van der Waals surface area contributed by atoms with Gasteiger partial charge < -0.3 is 14.7 Å². The van der Waals surface area contributed by atoms with Gasteiger partial charge in [-0.25, -0.2) is 0 Å². The van der Waals surface area contributed by atoms with E-state index in [9.17, 15) is 9.90 Å². The van der Waals surface area contributed by atoms with Crippen LogP contribution in [0.5, 0.6) is 0 Å². The maximum atomic E-state index is 13.3. The molecule has 0 radical (unpaired) electrons. The summed E-state index contributed by atoms with van der Waals surface area (Å²) in [6.07, 6.45) is 6.04. The Morgan fingerprint density at radius 1 is 1.16 bits per heavy atom. The molecule has 1 saturated carbocycles. The zero-order valence-corrected chi connectivity index (χ0v) is 15.5. The molecule has 2 fully saturated rings. The third-order valence-corrected chi connectivity index (χ3v) is 6.31. The Morgan fingerprint density at radius 3 is 2.36 bits per heavy atom. The second-order valence-electron chi connectivity index (χ2n) is 7.99. The molecule has 0 amide bonds. The Kier molecular flexibility index (Phi) is 5.49. The number of hydrogen-bond donors (Lipinski definition) is 1. The largest absolute Gasteiger partial charge is 0.462 e. The van der Waals surface area contributed by atoms with E-state index >= 15 is 0 Å². The van der Waals surface area contributed by atoms with E-state index in [1.54, 1.807) is 0 Å². The molecule has 2 aliphatic rings. The lowest BCUT2D eigenvalue weighted by atomic mass is 9.62. The summed E-state index contributed by atoms with van der Waals surface area (Å²) in [6, 6.07) is 9.70. The monoisotopic (exact) mass is 345 g/mol. The van der Waals surface area contributed by atoms with Crippen molar-refractivity contribution in [3.05, 3.63) is 35.9 Å². The fourth-order valence-corrected chi connectivity index (χ4v) is 4.36. The fourth-order valence-electron chi connectivity index (χ4n) is 4.36. The molecule has 1 aromatic rings. The number of carbonyl (C=O) groups excluding carboxylic acids is 1. The number of carbonyl (C=O) groups is 1. The van der Waals surface area contributed by atoms with E-state index < -0.39 is 11.0 Å². The first-order valence-corrected chi connectivity index (χ1v) is 9.63. The van der Waals surface area contributed by atoms with Crippen molar-refractivity contribution in [2.45, 2.75) is 69.0 Å². The van der Waals surface area contributed by atoms with Crippen LogP contribution in [0.1, 0.15) is 57.4 Å². The molecule has 25 heavy (non-hydrogen) atoms. The molecule has 1 N–H and O–H groups in total. The first kappa shape index (κ1) is 18.4. The van der Waals surface area contributed by atoms with Crippen LogP contribution in [0.15, 0.2) is 30.3 Å². The standard InChI is InChI=1S/C21H31NO3/c1-20(17-9-5-3-6-10-17,21(24)13-7-4-8-14-21)19(23)25-18-11-15-22(2)16-12-18/h3,5-6,9-10,18,24H,4,7-8,11-16H2,1-2H3. The molecule has 3 rings (SSSR count). The lowest BCUT2D eigenvalue weighted by molar-refractivity contribution is -0.172. The molecule has 4 nitrogen and oxygen atoms in total. The van der Waals surface area contributed by atoms with Crippen molar-refractivity contribution < 1.29 is 14.6 Å². The van der Waals surface area contributed by atoms with Gasteiger partial charge in [-0.2, -0.15) is 0 Å². The predicted molar refractivity (Wildman–Crippen MR) is 98.4 cm³/mol. The minimum Gasteiger partial charge on any atom is -0.462 e. The number of nitrogens with zero attached hydrogens (tertiary/aromatic N) is 1. The van der Waals surface area contributed by atoms with E-state index in [1.807, 2.05) is 37.3 Å². The summed E-state index contributed by atoms with van der Waals surface area (Å²) in [4.78, 5) is 15.6. The van der Waals surface area contributed by atoms with Gasteiger partial charge in [-0.15, -0.1) is 0 Å². The fraction of sp³-hybridized carbons (Fsp3) is 0.667. The Bertz CT molecular complexity index is 574. The number of rotatable bonds is 4. The number of likely N-dealkylation sites (tertiary alicyclic amines) is 1. The van der Waals surface area contributed by atoms with Gasteiger partial charge in [0.15, 0.2) is 0 Å². The number of hydrogen-bond acceptors (Lipinski definition) is 4. The van der Waals surface area contributed by atoms with Crippen LogP contribution < -0.4 is 0 Å². The van der Waals surface area contributed by atoms with Crippen molar-refractivity contribution in [2.24, 2.45) is 0 Å². The molecule has 1 atom stereocenters. The Labute approximate surface area is 151 Å². The van der Waals surface area contributed by atoms with Gasteiger partial charge in [0.1, 0.15) is 11.5 Å². The Balaban J connectivity index is 1.87. The SMILES string of the molecule is CN1CCC(OC(=O)C(C)(c2ccccc2)C2(O)CCCCC2)CC1. The minimum atomic E-state index is -1.03. The average molecular weight is 345 g/mol. The first-order chi connectivity index (χ1) is 12.0. The molecule has 0 bridgehead atoms. The van der Waals surface area contributed by atoms with Gasteiger partial charge in [-0.3, -0.25) is 4.79 Å². The van der Waals surface area contributed by atoms with Crippen LogP contribution in [-0.2, 0) is 14.9 Å². The topological polar surface area (TPSA) is 49.8 Å². The van der Waals surface area contributed by atoms with Crippen LogP contribution in [0.4, 0.5) is 0 Å². The summed E-state index contributed by atoms with van der Waals surface area (Å²) in [5, 5.41) is 11.5. The first-order valence-electron chi connectivity index (χ1n) is 9.63. The third kappa shape index (κ3) is 3.61. The van der Waals surface area contributed by atoms with Crippen LogP contribution >= 0.6 is 0 Å². The number of ether oxygens (including phenoxy) is 1. The Morgan fingerprint density at radius 2 is 1.76 bits per heavy atom. The quantitative estimate of drug-likeness (QED) is 0.851. The van der Waals surface area contributed by atoms with Crippen molar-refractivity contribution >= 4 is 5.97 Å². The van der Waals surface area contributed by atoms with E-state index in [-0.39, 0.29) is 12.1 Å². The highest BCUT2D eigenvalue weighted by Gasteiger charge is 2.55. The maximum Gasteiger partial charge on any atom is 0.319 e. The van der Waals surface area contributed by atoms with E-state index in [1.165, 1.54) is 0 Å². The lowest BCUT2D eigenvalue weighted by Crippen LogP contribution is -2.57. The molecule has 1 aliphatic carbocycles. The van der Waals surface area contributed by atoms with Gasteiger partial charge in [0.2, 0.25) is 0 Å². The van der Waals surface area contributed by atoms with Crippen molar-refractivity contribution in [3.63, 3.8) is 0 Å². The van der Waals surface area contributed by atoms with Gasteiger partial charge >= 0.3 is 5.97 Å². The Hall–Kier alpha value is -1.39. The molecule has 1 heterocycles. The molecule has 0 spiro atoms. The lowest BCUT2D eigenvalue weighted by Gasteiger charge is -2.46. The number of esters is 1. The highest BCUT2D eigenvalue weighted by molar-refractivity contribution is 5.84. The molecular formula is C21H31NO3. The highest BCUT2D eigenvalue weighted by atomic mass is 16.5. The molecule has 138 valence electrons. The molecule has 0 aromatic heterocycles. The molecule has 1 aromatic carbocycles. The normalized spacial score (nSPS) is 24.4. The molecular weight excluding hydrogens is 314 g/mol. The minimum absolute atomic E-state index is 0.0427. The summed E-state index contributed by atoms with van der Waals surface area (Å²) in [7, 11) is 2.09. The van der Waals surface area contributed by atoms with Crippen LogP contribution in [0.2, 0.25) is 0 Å². The van der Waals surface area contributed by atoms with E-state index in [0.29, 0.717) is 12.8 Å². The number of piperidine rings is 1. The van der Waals surface area contributed by atoms with Gasteiger partial charge in [0.25, 0.3) is 0 Å². The number of benzene rings is 1. The third-order valence-electron chi connectivity index (χ3n) is 6.31. The zero-order valence-electron chi connectivity index (χ0n) is 15.5. The van der Waals surface area contributed by atoms with E-state index in [2.05, 4.69) is 11.9 Å². The van der Waals surface area contributed by atoms with Crippen molar-refractivity contribution in [1.82, 2.24) is 4.90 Å². The van der Waals surface area contributed by atoms with Gasteiger partial charge in [-0.1, -0.05) is 49.6 Å². The second kappa shape index (κ2) is 7.46. The predicted octanol–water partition coefficient (Wildman–Crippen LogP) is 3.28. The molecule has 4 heteroatoms. The van der Waals surface area contributed by atoms with Crippen LogP contribution in [0, 0.1) is 0 Å². The van der Waals surface area contributed by atoms with Crippen LogP contribution in [-0.4, -0.2) is 47.8 Å². The maximum absolute atomic E-state index is 13.3. The highest BCUT2D eigenvalue weighted by Crippen LogP contribution is 2.45. The number of aliphatic hydroxyl groups is 1. The van der Waals surface area contributed by atoms with E-state index in [4.69, 9.17) is 4.74 Å². The summed E-state index contributed by atoms with van der Waals surface area (Å²) < 4.78 is 5.95. The summed E-state index contributed by atoms with van der Waals surface area (Å²) in [5.74, 6) is -0.266. The van der Waals surface area contributed by atoms with Crippen molar-refractivity contribution in [1.29, 1.82) is 0 Å². The molecule has 1 aliphatic heterocycles. The molecule has 1 unspecified atom stereocenters.